The standard InChI is InChI=1S/C13H26N2/c1-11(2)13(14)10-12-6-4-5-8-15(3)9-7-12/h11-12,14H,4-10H2,1-3H3. The van der Waals surface area contributed by atoms with E-state index in [1.54, 1.807) is 0 Å². The molecule has 2 nitrogen and oxygen atoms in total. The lowest BCUT2D eigenvalue weighted by molar-refractivity contribution is 0.259. The highest BCUT2D eigenvalue weighted by atomic mass is 15.1. The SMILES string of the molecule is CC(C)C(=N)CC1CCCCN(C)CC1. The smallest absolute Gasteiger partial charge is 0.0117 e. The normalized spacial score (nSPS) is 24.9. The molecule has 0 aliphatic carbocycles. The molecule has 1 heterocycles. The topological polar surface area (TPSA) is 27.1 Å². The van der Waals surface area contributed by atoms with Crippen LogP contribution < -0.4 is 0 Å². The minimum absolute atomic E-state index is 0.438. The van der Waals surface area contributed by atoms with Gasteiger partial charge < -0.3 is 10.3 Å². The molecule has 1 fully saturated rings. The first kappa shape index (κ1) is 12.7. The average molecular weight is 210 g/mol. The second kappa shape index (κ2) is 6.26. The van der Waals surface area contributed by atoms with Gasteiger partial charge in [0, 0.05) is 5.71 Å². The third-order valence-corrected chi connectivity index (χ3v) is 3.53. The maximum atomic E-state index is 7.94. The molecule has 0 aromatic rings. The number of nitrogens with one attached hydrogen (secondary N) is 1. The Labute approximate surface area is 94.6 Å². The van der Waals surface area contributed by atoms with Gasteiger partial charge in [-0.05, 0) is 57.7 Å². The molecule has 15 heavy (non-hydrogen) atoms. The maximum Gasteiger partial charge on any atom is 0.0117 e. The van der Waals surface area contributed by atoms with Crippen molar-refractivity contribution < 1.29 is 0 Å². The van der Waals surface area contributed by atoms with Gasteiger partial charge in [-0.25, -0.2) is 0 Å². The van der Waals surface area contributed by atoms with Crippen LogP contribution in [0.3, 0.4) is 0 Å². The Morgan fingerprint density at radius 1 is 1.27 bits per heavy atom. The average Bonchev–Trinajstić information content (AvgIpc) is 2.16. The number of hydrogen-bond acceptors (Lipinski definition) is 2. The minimum Gasteiger partial charge on any atom is -0.309 e. The number of hydrogen-bond donors (Lipinski definition) is 1. The van der Waals surface area contributed by atoms with E-state index >= 15 is 0 Å². The molecule has 1 aliphatic heterocycles. The van der Waals surface area contributed by atoms with Gasteiger partial charge in [-0.3, -0.25) is 0 Å². The molecule has 88 valence electrons. The molecule has 0 radical (unpaired) electrons. The zero-order valence-electron chi connectivity index (χ0n) is 10.6. The van der Waals surface area contributed by atoms with Crippen molar-refractivity contribution in [1.29, 1.82) is 5.41 Å². The lowest BCUT2D eigenvalue weighted by Crippen LogP contribution is -2.26. The van der Waals surface area contributed by atoms with Crippen LogP contribution >= 0.6 is 0 Å². The van der Waals surface area contributed by atoms with Gasteiger partial charge in [0.1, 0.15) is 0 Å². The summed E-state index contributed by atoms with van der Waals surface area (Å²) < 4.78 is 0. The van der Waals surface area contributed by atoms with Gasteiger partial charge in [0.25, 0.3) is 0 Å². The maximum absolute atomic E-state index is 7.94. The van der Waals surface area contributed by atoms with Crippen LogP contribution in [-0.4, -0.2) is 30.7 Å². The van der Waals surface area contributed by atoms with Crippen molar-refractivity contribution in [2.75, 3.05) is 20.1 Å². The molecule has 1 N–H and O–H groups in total. The Bertz CT molecular complexity index is 199. The van der Waals surface area contributed by atoms with Crippen molar-refractivity contribution in [3.63, 3.8) is 0 Å². The minimum atomic E-state index is 0.438. The van der Waals surface area contributed by atoms with Crippen LogP contribution in [0.25, 0.3) is 0 Å². The third-order valence-electron chi connectivity index (χ3n) is 3.53. The van der Waals surface area contributed by atoms with E-state index in [2.05, 4.69) is 25.8 Å². The first-order valence-electron chi connectivity index (χ1n) is 6.35. The highest BCUT2D eigenvalue weighted by molar-refractivity contribution is 5.83. The summed E-state index contributed by atoms with van der Waals surface area (Å²) in [6.45, 7) is 6.75. The van der Waals surface area contributed by atoms with E-state index < -0.39 is 0 Å². The molecule has 1 unspecified atom stereocenters. The fourth-order valence-electron chi connectivity index (χ4n) is 2.22. The van der Waals surface area contributed by atoms with Crippen molar-refractivity contribution >= 4 is 5.71 Å². The quantitative estimate of drug-likeness (QED) is 0.712. The Morgan fingerprint density at radius 3 is 2.67 bits per heavy atom. The van der Waals surface area contributed by atoms with Crippen LogP contribution in [0.4, 0.5) is 0 Å². The summed E-state index contributed by atoms with van der Waals surface area (Å²) in [5.41, 5.74) is 0.947. The van der Waals surface area contributed by atoms with Gasteiger partial charge in [0.05, 0.1) is 0 Å². The van der Waals surface area contributed by atoms with E-state index in [1.165, 1.54) is 38.8 Å². The van der Waals surface area contributed by atoms with E-state index in [1.807, 2.05) is 0 Å². The fraction of sp³-hybridized carbons (Fsp3) is 0.923. The summed E-state index contributed by atoms with van der Waals surface area (Å²) in [5, 5.41) is 7.94. The van der Waals surface area contributed by atoms with Gasteiger partial charge in [-0.1, -0.05) is 20.3 Å². The second-order valence-corrected chi connectivity index (χ2v) is 5.34. The molecule has 0 aromatic heterocycles. The van der Waals surface area contributed by atoms with Gasteiger partial charge in [0.15, 0.2) is 0 Å². The lowest BCUT2D eigenvalue weighted by atomic mass is 9.88. The summed E-state index contributed by atoms with van der Waals surface area (Å²) in [4.78, 5) is 2.44. The third kappa shape index (κ3) is 4.78. The molecule has 0 spiro atoms. The Hall–Kier alpha value is -0.370. The monoisotopic (exact) mass is 210 g/mol. The summed E-state index contributed by atoms with van der Waals surface area (Å²) in [6, 6.07) is 0. The van der Waals surface area contributed by atoms with Crippen LogP contribution in [-0.2, 0) is 0 Å². The number of rotatable bonds is 3. The highest BCUT2D eigenvalue weighted by Crippen LogP contribution is 2.22. The van der Waals surface area contributed by atoms with Crippen LogP contribution in [0.15, 0.2) is 0 Å². The van der Waals surface area contributed by atoms with Gasteiger partial charge in [0.2, 0.25) is 0 Å². The van der Waals surface area contributed by atoms with Gasteiger partial charge in [-0.15, -0.1) is 0 Å². The van der Waals surface area contributed by atoms with Crippen LogP contribution in [0, 0.1) is 17.2 Å². The van der Waals surface area contributed by atoms with E-state index in [0.29, 0.717) is 5.92 Å². The summed E-state index contributed by atoms with van der Waals surface area (Å²) in [6.07, 6.45) is 6.34. The molecule has 1 rings (SSSR count). The molecule has 1 aliphatic rings. The van der Waals surface area contributed by atoms with Crippen molar-refractivity contribution in [2.45, 2.75) is 46.0 Å². The first-order chi connectivity index (χ1) is 7.09. The molecule has 1 atom stereocenters. The van der Waals surface area contributed by atoms with E-state index in [4.69, 9.17) is 5.41 Å². The van der Waals surface area contributed by atoms with Gasteiger partial charge >= 0.3 is 0 Å². The van der Waals surface area contributed by atoms with Gasteiger partial charge in [-0.2, -0.15) is 0 Å². The first-order valence-corrected chi connectivity index (χ1v) is 6.35. The molecular formula is C13H26N2. The molecule has 2 heteroatoms. The Balaban J connectivity index is 2.36. The van der Waals surface area contributed by atoms with E-state index in [-0.39, 0.29) is 0 Å². The molecular weight excluding hydrogens is 184 g/mol. The summed E-state index contributed by atoms with van der Waals surface area (Å²) in [5.74, 6) is 1.20. The molecule has 0 saturated carbocycles. The zero-order chi connectivity index (χ0) is 11.3. The van der Waals surface area contributed by atoms with E-state index in [0.717, 1.165) is 18.1 Å². The van der Waals surface area contributed by atoms with Crippen LogP contribution in [0.5, 0.6) is 0 Å². The summed E-state index contributed by atoms with van der Waals surface area (Å²) >= 11 is 0. The molecule has 1 saturated heterocycles. The predicted octanol–water partition coefficient (Wildman–Crippen LogP) is 3.17. The lowest BCUT2D eigenvalue weighted by Gasteiger charge is -2.26. The van der Waals surface area contributed by atoms with Crippen molar-refractivity contribution in [3.8, 4) is 0 Å². The van der Waals surface area contributed by atoms with Crippen molar-refractivity contribution in [3.05, 3.63) is 0 Å². The Morgan fingerprint density at radius 2 is 2.00 bits per heavy atom. The highest BCUT2D eigenvalue weighted by Gasteiger charge is 2.16. The summed E-state index contributed by atoms with van der Waals surface area (Å²) in [7, 11) is 2.22. The largest absolute Gasteiger partial charge is 0.309 e. The molecule has 0 bridgehead atoms. The predicted molar refractivity (Wildman–Crippen MR) is 66.6 cm³/mol. The van der Waals surface area contributed by atoms with Crippen LogP contribution in [0.1, 0.15) is 46.0 Å². The van der Waals surface area contributed by atoms with Crippen molar-refractivity contribution in [2.24, 2.45) is 11.8 Å². The number of likely N-dealkylation sites (tertiary alicyclic amines) is 1. The number of nitrogens with zero attached hydrogens (tertiary/aromatic N) is 1. The Kier molecular flexibility index (Phi) is 5.30. The van der Waals surface area contributed by atoms with E-state index in [9.17, 15) is 0 Å². The molecule has 0 amide bonds. The fourth-order valence-corrected chi connectivity index (χ4v) is 2.22. The van der Waals surface area contributed by atoms with Crippen molar-refractivity contribution in [1.82, 2.24) is 4.90 Å². The van der Waals surface area contributed by atoms with Crippen LogP contribution in [0.2, 0.25) is 0 Å². The molecule has 0 aromatic carbocycles. The second-order valence-electron chi connectivity index (χ2n) is 5.34. The zero-order valence-corrected chi connectivity index (χ0v) is 10.6.